The van der Waals surface area contributed by atoms with Crippen LogP contribution in [0, 0.1) is 5.82 Å². The topological polar surface area (TPSA) is 65.4 Å². The number of rotatable bonds is 5. The van der Waals surface area contributed by atoms with E-state index in [1.165, 1.54) is 18.3 Å². The van der Waals surface area contributed by atoms with Gasteiger partial charge in [-0.3, -0.25) is 9.36 Å². The van der Waals surface area contributed by atoms with Gasteiger partial charge in [0.2, 0.25) is 0 Å². The van der Waals surface area contributed by atoms with E-state index >= 15 is 0 Å². The van der Waals surface area contributed by atoms with Gasteiger partial charge in [0.25, 0.3) is 5.91 Å². The third kappa shape index (κ3) is 3.68. The first-order valence-electron chi connectivity index (χ1n) is 8.60. The number of para-hydroxylation sites is 1. The Balaban J connectivity index is 1.44. The minimum absolute atomic E-state index is 0.147. The average molecular weight is 367 g/mol. The summed E-state index contributed by atoms with van der Waals surface area (Å²) in [7, 11) is 0. The molecule has 0 unspecified atom stereocenters. The molecule has 2 aromatic carbocycles. The number of hydrogen-bond acceptors (Lipinski definition) is 4. The van der Waals surface area contributed by atoms with E-state index in [-0.39, 0.29) is 18.5 Å². The number of aromatic nitrogens is 2. The molecule has 1 aliphatic rings. The van der Waals surface area contributed by atoms with Gasteiger partial charge in [0, 0.05) is 17.8 Å². The first kappa shape index (κ1) is 17.2. The Labute approximate surface area is 155 Å². The van der Waals surface area contributed by atoms with Gasteiger partial charge in [-0.05, 0) is 36.2 Å². The Kier molecular flexibility index (Phi) is 4.84. The van der Waals surface area contributed by atoms with E-state index in [0.717, 1.165) is 5.69 Å². The molecule has 27 heavy (non-hydrogen) atoms. The van der Waals surface area contributed by atoms with Crippen LogP contribution in [0.15, 0.2) is 55.0 Å². The Bertz CT molecular complexity index is 956. The molecule has 0 radical (unpaired) electrons. The van der Waals surface area contributed by atoms with Crippen molar-refractivity contribution in [2.45, 2.75) is 13.0 Å². The highest BCUT2D eigenvalue weighted by atomic mass is 19.1. The molecule has 3 aromatic rings. The van der Waals surface area contributed by atoms with Crippen LogP contribution in [-0.4, -0.2) is 28.8 Å². The molecule has 1 aromatic heterocycles. The molecule has 0 fully saturated rings. The van der Waals surface area contributed by atoms with Crippen LogP contribution in [0.25, 0.3) is 5.69 Å². The van der Waals surface area contributed by atoms with Crippen molar-refractivity contribution < 1.29 is 18.7 Å². The predicted molar refractivity (Wildman–Crippen MR) is 96.3 cm³/mol. The van der Waals surface area contributed by atoms with Crippen molar-refractivity contribution in [1.29, 1.82) is 0 Å². The smallest absolute Gasteiger partial charge is 0.269 e. The maximum absolute atomic E-state index is 13.8. The van der Waals surface area contributed by atoms with Crippen molar-refractivity contribution in [3.8, 4) is 11.4 Å². The summed E-state index contributed by atoms with van der Waals surface area (Å²) in [5, 5.41) is 2.86. The molecule has 6 nitrogen and oxygen atoms in total. The lowest BCUT2D eigenvalue weighted by Gasteiger charge is -2.21. The Morgan fingerprint density at radius 3 is 2.96 bits per heavy atom. The van der Waals surface area contributed by atoms with Crippen LogP contribution >= 0.6 is 0 Å². The van der Waals surface area contributed by atoms with E-state index in [1.807, 2.05) is 30.3 Å². The van der Waals surface area contributed by atoms with Crippen molar-refractivity contribution >= 4 is 5.91 Å². The summed E-state index contributed by atoms with van der Waals surface area (Å²) in [6.45, 7) is 0.815. The molecule has 0 saturated carbocycles. The summed E-state index contributed by atoms with van der Waals surface area (Å²) >= 11 is 0. The molecule has 138 valence electrons. The number of amides is 1. The zero-order valence-electron chi connectivity index (χ0n) is 14.5. The minimum atomic E-state index is -0.341. The fourth-order valence-corrected chi connectivity index (χ4v) is 3.10. The van der Waals surface area contributed by atoms with Crippen molar-refractivity contribution in [2.24, 2.45) is 0 Å². The molecule has 1 amide bonds. The lowest BCUT2D eigenvalue weighted by atomic mass is 10.1. The van der Waals surface area contributed by atoms with Crippen LogP contribution < -0.4 is 10.1 Å². The summed E-state index contributed by atoms with van der Waals surface area (Å²) in [6.07, 6.45) is 3.57. The van der Waals surface area contributed by atoms with Crippen LogP contribution in [0.3, 0.4) is 0 Å². The maximum Gasteiger partial charge on any atom is 0.269 e. The number of halogens is 1. The van der Waals surface area contributed by atoms with Crippen LogP contribution in [0.2, 0.25) is 0 Å². The van der Waals surface area contributed by atoms with Crippen LogP contribution in [0.4, 0.5) is 4.39 Å². The van der Waals surface area contributed by atoms with E-state index < -0.39 is 0 Å². The van der Waals surface area contributed by atoms with E-state index in [2.05, 4.69) is 10.3 Å². The number of benzene rings is 2. The van der Waals surface area contributed by atoms with Crippen molar-refractivity contribution in [2.75, 3.05) is 13.3 Å². The van der Waals surface area contributed by atoms with Crippen LogP contribution in [0.5, 0.6) is 5.75 Å². The van der Waals surface area contributed by atoms with Gasteiger partial charge in [-0.2, -0.15) is 0 Å². The highest BCUT2D eigenvalue weighted by Crippen LogP contribution is 2.29. The largest absolute Gasteiger partial charge is 0.467 e. The summed E-state index contributed by atoms with van der Waals surface area (Å²) < 4.78 is 26.2. The minimum Gasteiger partial charge on any atom is -0.467 e. The van der Waals surface area contributed by atoms with E-state index in [0.29, 0.717) is 42.1 Å². The van der Waals surface area contributed by atoms with E-state index in [4.69, 9.17) is 9.47 Å². The zero-order chi connectivity index (χ0) is 18.6. The molecule has 0 aliphatic carbocycles. The number of carbonyl (C=O) groups excluding carboxylic acids is 1. The number of imidazole rings is 1. The SMILES string of the molecule is O=C(NCCc1cc(F)cc2c1OCOC2)c1cncn1-c1ccccc1. The molecule has 0 saturated heterocycles. The first-order valence-corrected chi connectivity index (χ1v) is 8.60. The Morgan fingerprint density at radius 1 is 1.26 bits per heavy atom. The van der Waals surface area contributed by atoms with Gasteiger partial charge >= 0.3 is 0 Å². The van der Waals surface area contributed by atoms with Gasteiger partial charge in [-0.25, -0.2) is 9.37 Å². The van der Waals surface area contributed by atoms with Gasteiger partial charge in [0.15, 0.2) is 6.79 Å². The summed E-state index contributed by atoms with van der Waals surface area (Å²) in [5.74, 6) is 0.0587. The normalized spacial score (nSPS) is 12.9. The standard InChI is InChI=1S/C20H18FN3O3/c21-16-8-14(19-15(9-16)11-26-13-27-19)6-7-23-20(25)18-10-22-12-24(18)17-4-2-1-3-5-17/h1-5,8-10,12H,6-7,11,13H2,(H,23,25). The van der Waals surface area contributed by atoms with Gasteiger partial charge in [-0.15, -0.1) is 0 Å². The molecule has 0 atom stereocenters. The molecular weight excluding hydrogens is 349 g/mol. The lowest BCUT2D eigenvalue weighted by molar-refractivity contribution is -0.0172. The van der Waals surface area contributed by atoms with Crippen LogP contribution in [-0.2, 0) is 17.8 Å². The molecule has 2 heterocycles. The molecule has 1 aliphatic heterocycles. The first-order chi connectivity index (χ1) is 13.2. The quantitative estimate of drug-likeness (QED) is 0.753. The Hall–Kier alpha value is -3.19. The monoisotopic (exact) mass is 367 g/mol. The van der Waals surface area contributed by atoms with Gasteiger partial charge in [0.05, 0.1) is 19.1 Å². The molecule has 7 heteroatoms. The second kappa shape index (κ2) is 7.59. The molecular formula is C20H18FN3O3. The van der Waals surface area contributed by atoms with Gasteiger partial charge in [0.1, 0.15) is 17.3 Å². The van der Waals surface area contributed by atoms with Crippen molar-refractivity contribution in [1.82, 2.24) is 14.9 Å². The second-order valence-corrected chi connectivity index (χ2v) is 6.15. The highest BCUT2D eigenvalue weighted by Gasteiger charge is 2.18. The Morgan fingerprint density at radius 2 is 2.11 bits per heavy atom. The van der Waals surface area contributed by atoms with Gasteiger partial charge < -0.3 is 14.8 Å². The molecule has 4 rings (SSSR count). The van der Waals surface area contributed by atoms with Crippen molar-refractivity contribution in [3.63, 3.8) is 0 Å². The number of nitrogens with zero attached hydrogens (tertiary/aromatic N) is 2. The van der Waals surface area contributed by atoms with Crippen molar-refractivity contribution in [3.05, 3.63) is 77.6 Å². The number of nitrogens with one attached hydrogen (secondary N) is 1. The lowest BCUT2D eigenvalue weighted by Crippen LogP contribution is -2.28. The fourth-order valence-electron chi connectivity index (χ4n) is 3.10. The summed E-state index contributed by atoms with van der Waals surface area (Å²) in [6, 6.07) is 12.3. The highest BCUT2D eigenvalue weighted by molar-refractivity contribution is 5.93. The van der Waals surface area contributed by atoms with E-state index in [9.17, 15) is 9.18 Å². The summed E-state index contributed by atoms with van der Waals surface area (Å²) in [5.41, 5.74) is 2.69. The second-order valence-electron chi connectivity index (χ2n) is 6.15. The zero-order valence-corrected chi connectivity index (χ0v) is 14.5. The number of carbonyl (C=O) groups is 1. The fraction of sp³-hybridized carbons (Fsp3) is 0.200. The number of fused-ring (bicyclic) bond motifs is 1. The molecule has 0 spiro atoms. The maximum atomic E-state index is 13.8. The third-order valence-corrected chi connectivity index (χ3v) is 4.34. The summed E-state index contributed by atoms with van der Waals surface area (Å²) in [4.78, 5) is 16.6. The molecule has 0 bridgehead atoms. The number of hydrogen-bond donors (Lipinski definition) is 1. The van der Waals surface area contributed by atoms with Crippen LogP contribution in [0.1, 0.15) is 21.6 Å². The third-order valence-electron chi connectivity index (χ3n) is 4.34. The number of ether oxygens (including phenoxy) is 2. The predicted octanol–water partition coefficient (Wildman–Crippen LogP) is 2.85. The average Bonchev–Trinajstić information content (AvgIpc) is 3.18. The van der Waals surface area contributed by atoms with Gasteiger partial charge in [-0.1, -0.05) is 18.2 Å². The molecule has 1 N–H and O–H groups in total. The van der Waals surface area contributed by atoms with E-state index in [1.54, 1.807) is 10.9 Å².